The minimum Gasteiger partial charge on any atom is -0.394 e. The molecule has 1 heterocycles. The number of hydrogen-bond acceptors (Lipinski definition) is 5. The van der Waals surface area contributed by atoms with Gasteiger partial charge in [0.2, 0.25) is 5.82 Å². The minimum absolute atomic E-state index is 0.0189. The standard InChI is InChI=1S/C12H14N4O3/c17-7-9(6-8-4-2-1-3-5-8)13-10-11(18)14-12(19)16-15-10/h1-5,9,17H,6-7H2,(H,13,15)(H2,14,16,18,19). The molecule has 2 aromatic rings. The van der Waals surface area contributed by atoms with Crippen LogP contribution in [0.4, 0.5) is 5.82 Å². The maximum atomic E-state index is 11.5. The highest BCUT2D eigenvalue weighted by Gasteiger charge is 2.11. The largest absolute Gasteiger partial charge is 0.394 e. The Morgan fingerprint density at radius 1 is 1.26 bits per heavy atom. The van der Waals surface area contributed by atoms with Crippen molar-refractivity contribution in [3.63, 3.8) is 0 Å². The zero-order valence-corrected chi connectivity index (χ0v) is 10.1. The summed E-state index contributed by atoms with van der Waals surface area (Å²) in [4.78, 5) is 24.4. The van der Waals surface area contributed by atoms with Gasteiger partial charge in [-0.3, -0.25) is 9.78 Å². The average Bonchev–Trinajstić information content (AvgIpc) is 2.42. The van der Waals surface area contributed by atoms with E-state index in [4.69, 9.17) is 0 Å². The van der Waals surface area contributed by atoms with Crippen molar-refractivity contribution in [2.24, 2.45) is 0 Å². The summed E-state index contributed by atoms with van der Waals surface area (Å²) >= 11 is 0. The van der Waals surface area contributed by atoms with Crippen LogP contribution in [0.2, 0.25) is 0 Å². The van der Waals surface area contributed by atoms with Crippen LogP contribution in [0.5, 0.6) is 0 Å². The highest BCUT2D eigenvalue weighted by atomic mass is 16.3. The fourth-order valence-electron chi connectivity index (χ4n) is 1.70. The van der Waals surface area contributed by atoms with E-state index in [0.717, 1.165) is 5.56 Å². The molecule has 0 amide bonds. The number of nitrogens with one attached hydrogen (secondary N) is 3. The topological polar surface area (TPSA) is 111 Å². The summed E-state index contributed by atoms with van der Waals surface area (Å²) in [7, 11) is 0. The van der Waals surface area contributed by atoms with E-state index in [0.29, 0.717) is 6.42 Å². The molecule has 1 aromatic carbocycles. The Hall–Kier alpha value is -2.41. The van der Waals surface area contributed by atoms with Crippen LogP contribution in [0.25, 0.3) is 0 Å². The van der Waals surface area contributed by atoms with Gasteiger partial charge in [0.15, 0.2) is 0 Å². The Labute approximate surface area is 108 Å². The summed E-state index contributed by atoms with van der Waals surface area (Å²) in [6.45, 7) is -0.158. The van der Waals surface area contributed by atoms with Gasteiger partial charge in [-0.1, -0.05) is 30.3 Å². The van der Waals surface area contributed by atoms with Crippen molar-refractivity contribution in [1.29, 1.82) is 0 Å². The number of aromatic amines is 2. The lowest BCUT2D eigenvalue weighted by atomic mass is 10.1. The van der Waals surface area contributed by atoms with Gasteiger partial charge in [-0.2, -0.15) is 0 Å². The van der Waals surface area contributed by atoms with E-state index in [1.54, 1.807) is 0 Å². The monoisotopic (exact) mass is 262 g/mol. The molecule has 7 heteroatoms. The van der Waals surface area contributed by atoms with Crippen LogP contribution >= 0.6 is 0 Å². The molecule has 0 bridgehead atoms. The molecular weight excluding hydrogens is 248 g/mol. The number of anilines is 1. The van der Waals surface area contributed by atoms with Gasteiger partial charge in [0.25, 0.3) is 5.56 Å². The average molecular weight is 262 g/mol. The van der Waals surface area contributed by atoms with Crippen molar-refractivity contribution in [2.45, 2.75) is 12.5 Å². The van der Waals surface area contributed by atoms with Crippen LogP contribution in [0.3, 0.4) is 0 Å². The lowest BCUT2D eigenvalue weighted by Gasteiger charge is -2.15. The van der Waals surface area contributed by atoms with Gasteiger partial charge < -0.3 is 10.4 Å². The number of aromatic nitrogens is 3. The van der Waals surface area contributed by atoms with E-state index >= 15 is 0 Å². The van der Waals surface area contributed by atoms with E-state index in [9.17, 15) is 14.7 Å². The maximum Gasteiger partial charge on any atom is 0.342 e. The van der Waals surface area contributed by atoms with Crippen molar-refractivity contribution in [3.05, 3.63) is 56.7 Å². The number of H-pyrrole nitrogens is 2. The number of benzene rings is 1. The zero-order valence-electron chi connectivity index (χ0n) is 10.1. The second-order valence-corrected chi connectivity index (χ2v) is 4.07. The molecule has 1 unspecified atom stereocenters. The van der Waals surface area contributed by atoms with Crippen LogP contribution in [0, 0.1) is 0 Å². The summed E-state index contributed by atoms with van der Waals surface area (Å²) in [5, 5.41) is 17.8. The molecule has 0 spiro atoms. The first-order chi connectivity index (χ1) is 9.19. The van der Waals surface area contributed by atoms with Crippen LogP contribution in [0.15, 0.2) is 39.9 Å². The molecule has 0 aliphatic rings. The van der Waals surface area contributed by atoms with E-state index in [-0.39, 0.29) is 18.5 Å². The first-order valence-corrected chi connectivity index (χ1v) is 5.79. The predicted molar refractivity (Wildman–Crippen MR) is 70.1 cm³/mol. The summed E-state index contributed by atoms with van der Waals surface area (Å²) < 4.78 is 0. The molecule has 0 saturated carbocycles. The van der Waals surface area contributed by atoms with Crippen LogP contribution in [-0.4, -0.2) is 32.9 Å². The summed E-state index contributed by atoms with van der Waals surface area (Å²) in [6, 6.07) is 9.19. The van der Waals surface area contributed by atoms with Gasteiger partial charge in [-0.05, 0) is 12.0 Å². The van der Waals surface area contributed by atoms with Gasteiger partial charge in [0.05, 0.1) is 12.6 Å². The first-order valence-electron chi connectivity index (χ1n) is 5.79. The molecular formula is C12H14N4O3. The highest BCUT2D eigenvalue weighted by Crippen LogP contribution is 2.05. The Morgan fingerprint density at radius 3 is 2.63 bits per heavy atom. The Bertz CT molecular complexity index is 635. The minimum atomic E-state index is -0.667. The molecule has 0 fully saturated rings. The third-order valence-corrected chi connectivity index (χ3v) is 2.60. The van der Waals surface area contributed by atoms with Gasteiger partial charge >= 0.3 is 5.69 Å². The maximum absolute atomic E-state index is 11.5. The van der Waals surface area contributed by atoms with Gasteiger partial charge in [0, 0.05) is 0 Å². The summed E-state index contributed by atoms with van der Waals surface area (Å²) in [5.74, 6) is -0.0189. The zero-order chi connectivity index (χ0) is 13.7. The van der Waals surface area contributed by atoms with Gasteiger partial charge in [-0.25, -0.2) is 9.89 Å². The number of rotatable bonds is 5. The van der Waals surface area contributed by atoms with Crippen molar-refractivity contribution >= 4 is 5.82 Å². The molecule has 1 aromatic heterocycles. The van der Waals surface area contributed by atoms with Crippen molar-refractivity contribution in [1.82, 2.24) is 15.2 Å². The van der Waals surface area contributed by atoms with Crippen molar-refractivity contribution < 1.29 is 5.11 Å². The molecule has 19 heavy (non-hydrogen) atoms. The molecule has 2 rings (SSSR count). The van der Waals surface area contributed by atoms with Crippen LogP contribution < -0.4 is 16.6 Å². The normalized spacial score (nSPS) is 12.1. The quantitative estimate of drug-likeness (QED) is 0.579. The lowest BCUT2D eigenvalue weighted by Crippen LogP contribution is -2.33. The summed E-state index contributed by atoms with van der Waals surface area (Å²) in [6.07, 6.45) is 0.539. The first kappa shape index (κ1) is 13.0. The highest BCUT2D eigenvalue weighted by molar-refractivity contribution is 5.31. The fourth-order valence-corrected chi connectivity index (χ4v) is 1.70. The van der Waals surface area contributed by atoms with E-state index in [2.05, 4.69) is 20.5 Å². The third kappa shape index (κ3) is 3.52. The number of aliphatic hydroxyl groups is 1. The lowest BCUT2D eigenvalue weighted by molar-refractivity contribution is 0.273. The molecule has 0 saturated heterocycles. The molecule has 1 atom stereocenters. The fraction of sp³-hybridized carbons (Fsp3) is 0.250. The van der Waals surface area contributed by atoms with Crippen molar-refractivity contribution in [3.8, 4) is 0 Å². The van der Waals surface area contributed by atoms with Crippen molar-refractivity contribution in [2.75, 3.05) is 11.9 Å². The molecule has 7 nitrogen and oxygen atoms in total. The third-order valence-electron chi connectivity index (χ3n) is 2.60. The second kappa shape index (κ2) is 5.96. The smallest absolute Gasteiger partial charge is 0.342 e. The van der Waals surface area contributed by atoms with E-state index in [1.807, 2.05) is 30.3 Å². The Kier molecular flexibility index (Phi) is 4.09. The van der Waals surface area contributed by atoms with Crippen LogP contribution in [0.1, 0.15) is 5.56 Å². The van der Waals surface area contributed by atoms with E-state index in [1.165, 1.54) is 0 Å². The predicted octanol–water partition coefficient (Wildman–Crippen LogP) is -0.526. The Morgan fingerprint density at radius 2 is 2.00 bits per heavy atom. The number of nitrogens with zero attached hydrogens (tertiary/aromatic N) is 1. The SMILES string of the molecule is O=c1[nH]nc(NC(CO)Cc2ccccc2)c(=O)[nH]1. The number of aliphatic hydroxyl groups excluding tert-OH is 1. The summed E-state index contributed by atoms with van der Waals surface area (Å²) in [5.41, 5.74) is -0.260. The molecule has 0 aliphatic heterocycles. The molecule has 4 N–H and O–H groups in total. The molecule has 0 radical (unpaired) electrons. The number of hydrogen-bond donors (Lipinski definition) is 4. The molecule has 0 aliphatic carbocycles. The van der Waals surface area contributed by atoms with Gasteiger partial charge in [-0.15, -0.1) is 5.10 Å². The van der Waals surface area contributed by atoms with Crippen LogP contribution in [-0.2, 0) is 6.42 Å². The second-order valence-electron chi connectivity index (χ2n) is 4.07. The molecule has 100 valence electrons. The Balaban J connectivity index is 2.11. The van der Waals surface area contributed by atoms with E-state index < -0.39 is 11.2 Å². The van der Waals surface area contributed by atoms with Gasteiger partial charge in [0.1, 0.15) is 0 Å².